The fraction of sp³-hybridized carbons (Fsp3) is 0.600. The molecular formula is C20H31NO5Si. The van der Waals surface area contributed by atoms with E-state index in [1.807, 2.05) is 30.3 Å². The number of nitrogens with zero attached hydrogens (tertiary/aromatic N) is 1. The molecule has 0 spiro atoms. The SMILES string of the molecule is CC(C)(C)[Si](C)(C)O[C@H]1CN(C(=O)OCc2ccccc2)[C@@](C)(C(=O)O)C1. The summed E-state index contributed by atoms with van der Waals surface area (Å²) in [5, 5.41) is 9.77. The van der Waals surface area contributed by atoms with Crippen molar-refractivity contribution in [3.8, 4) is 0 Å². The topological polar surface area (TPSA) is 76.1 Å². The predicted molar refractivity (Wildman–Crippen MR) is 106 cm³/mol. The van der Waals surface area contributed by atoms with Gasteiger partial charge in [-0.05, 0) is 30.6 Å². The van der Waals surface area contributed by atoms with Gasteiger partial charge in [0.05, 0.1) is 12.6 Å². The molecule has 1 amide bonds. The number of likely N-dealkylation sites (tertiary alicyclic amines) is 1. The first-order chi connectivity index (χ1) is 12.4. The first kappa shape index (κ1) is 21.4. The van der Waals surface area contributed by atoms with Crippen LogP contribution in [0, 0.1) is 0 Å². The highest BCUT2D eigenvalue weighted by molar-refractivity contribution is 6.74. The predicted octanol–water partition coefficient (Wildman–Crippen LogP) is 4.26. The van der Waals surface area contributed by atoms with Crippen molar-refractivity contribution < 1.29 is 23.9 Å². The number of carbonyl (C=O) groups excluding carboxylic acids is 1. The summed E-state index contributed by atoms with van der Waals surface area (Å²) < 4.78 is 11.8. The molecule has 1 aliphatic heterocycles. The highest BCUT2D eigenvalue weighted by Crippen LogP contribution is 2.40. The van der Waals surface area contributed by atoms with Crippen molar-refractivity contribution in [3.63, 3.8) is 0 Å². The maximum Gasteiger partial charge on any atom is 0.411 e. The van der Waals surface area contributed by atoms with Crippen LogP contribution in [0.2, 0.25) is 18.1 Å². The summed E-state index contributed by atoms with van der Waals surface area (Å²) in [7, 11) is -2.07. The van der Waals surface area contributed by atoms with Gasteiger partial charge < -0.3 is 14.3 Å². The van der Waals surface area contributed by atoms with E-state index in [4.69, 9.17) is 9.16 Å². The molecule has 0 saturated carbocycles. The second kappa shape index (κ2) is 7.64. The summed E-state index contributed by atoms with van der Waals surface area (Å²) in [5.74, 6) is -1.04. The lowest BCUT2D eigenvalue weighted by atomic mass is 9.99. The van der Waals surface area contributed by atoms with Crippen LogP contribution in [0.25, 0.3) is 0 Å². The molecule has 7 heteroatoms. The molecule has 0 bridgehead atoms. The van der Waals surface area contributed by atoms with Crippen LogP contribution >= 0.6 is 0 Å². The molecule has 2 atom stereocenters. The van der Waals surface area contributed by atoms with Crippen LogP contribution in [-0.4, -0.2) is 48.6 Å². The number of ether oxygens (including phenoxy) is 1. The molecule has 1 saturated heterocycles. The molecule has 1 N–H and O–H groups in total. The number of rotatable bonds is 5. The molecule has 1 aromatic carbocycles. The lowest BCUT2D eigenvalue weighted by molar-refractivity contribution is -0.147. The first-order valence-electron chi connectivity index (χ1n) is 9.26. The Bertz CT molecular complexity index is 685. The van der Waals surface area contributed by atoms with Gasteiger partial charge in [0.2, 0.25) is 0 Å². The van der Waals surface area contributed by atoms with Crippen LogP contribution in [0.5, 0.6) is 0 Å². The van der Waals surface area contributed by atoms with Crippen molar-refractivity contribution in [1.29, 1.82) is 0 Å². The van der Waals surface area contributed by atoms with Crippen molar-refractivity contribution in [2.45, 2.75) is 70.5 Å². The zero-order valence-corrected chi connectivity index (χ0v) is 18.1. The third-order valence-electron chi connectivity index (χ3n) is 5.76. The second-order valence-electron chi connectivity index (χ2n) is 8.93. The summed E-state index contributed by atoms with van der Waals surface area (Å²) >= 11 is 0. The van der Waals surface area contributed by atoms with E-state index in [2.05, 4.69) is 33.9 Å². The van der Waals surface area contributed by atoms with Crippen molar-refractivity contribution in [2.24, 2.45) is 0 Å². The minimum atomic E-state index is -2.07. The van der Waals surface area contributed by atoms with E-state index in [0.29, 0.717) is 0 Å². The molecule has 0 unspecified atom stereocenters. The fourth-order valence-electron chi connectivity index (χ4n) is 2.97. The van der Waals surface area contributed by atoms with E-state index in [-0.39, 0.29) is 30.7 Å². The van der Waals surface area contributed by atoms with Crippen LogP contribution in [0.3, 0.4) is 0 Å². The molecule has 150 valence electrons. The highest BCUT2D eigenvalue weighted by atomic mass is 28.4. The Hall–Kier alpha value is -1.86. The molecule has 2 rings (SSSR count). The molecular weight excluding hydrogens is 362 g/mol. The Morgan fingerprint density at radius 3 is 2.37 bits per heavy atom. The molecule has 1 aromatic rings. The molecule has 6 nitrogen and oxygen atoms in total. The van der Waals surface area contributed by atoms with Gasteiger partial charge in [0.15, 0.2) is 8.32 Å². The van der Waals surface area contributed by atoms with Crippen molar-refractivity contribution in [2.75, 3.05) is 6.54 Å². The minimum Gasteiger partial charge on any atom is -0.480 e. The lowest BCUT2D eigenvalue weighted by Gasteiger charge is -2.38. The van der Waals surface area contributed by atoms with Crippen molar-refractivity contribution in [3.05, 3.63) is 35.9 Å². The van der Waals surface area contributed by atoms with Gasteiger partial charge in [-0.15, -0.1) is 0 Å². The minimum absolute atomic E-state index is 0.00780. The van der Waals surface area contributed by atoms with Crippen molar-refractivity contribution >= 4 is 20.4 Å². The van der Waals surface area contributed by atoms with E-state index in [0.717, 1.165) is 5.56 Å². The zero-order chi connectivity index (χ0) is 20.5. The Labute approximate surface area is 162 Å². The average Bonchev–Trinajstić information content (AvgIpc) is 2.90. The van der Waals surface area contributed by atoms with E-state index < -0.39 is 25.9 Å². The maximum atomic E-state index is 12.6. The van der Waals surface area contributed by atoms with Gasteiger partial charge in [-0.25, -0.2) is 9.59 Å². The Balaban J connectivity index is 2.11. The average molecular weight is 394 g/mol. The summed E-state index contributed by atoms with van der Waals surface area (Å²) in [6.07, 6.45) is -0.670. The van der Waals surface area contributed by atoms with Gasteiger partial charge in [-0.2, -0.15) is 0 Å². The number of carboxylic acids is 1. The van der Waals surface area contributed by atoms with E-state index >= 15 is 0 Å². The molecule has 27 heavy (non-hydrogen) atoms. The number of carboxylic acid groups (broad SMARTS) is 1. The van der Waals surface area contributed by atoms with E-state index in [1.165, 1.54) is 4.90 Å². The van der Waals surface area contributed by atoms with Crippen LogP contribution in [0.15, 0.2) is 30.3 Å². The molecule has 0 aromatic heterocycles. The normalized spacial score (nSPS) is 23.3. The zero-order valence-electron chi connectivity index (χ0n) is 17.1. The quantitative estimate of drug-likeness (QED) is 0.756. The largest absolute Gasteiger partial charge is 0.480 e. The summed E-state index contributed by atoms with van der Waals surface area (Å²) in [6.45, 7) is 12.6. The third kappa shape index (κ3) is 4.71. The van der Waals surface area contributed by atoms with E-state index in [9.17, 15) is 14.7 Å². The highest BCUT2D eigenvalue weighted by Gasteiger charge is 2.53. The standard InChI is InChI=1S/C20H31NO5Si/c1-19(2,3)27(5,6)26-16-12-20(4,17(22)23)21(13-16)18(24)25-14-15-10-8-7-9-11-15/h7-11,16H,12-14H2,1-6H3,(H,22,23)/t16-,20-/m1/s1. The number of amides is 1. The molecule has 0 radical (unpaired) electrons. The number of carbonyl (C=O) groups is 2. The molecule has 1 fully saturated rings. The van der Waals surface area contributed by atoms with Crippen LogP contribution in [0.4, 0.5) is 4.79 Å². The summed E-state index contributed by atoms with van der Waals surface area (Å²) in [5.41, 5.74) is -0.475. The lowest BCUT2D eigenvalue weighted by Crippen LogP contribution is -2.50. The number of hydrogen-bond donors (Lipinski definition) is 1. The Kier molecular flexibility index (Phi) is 6.06. The maximum absolute atomic E-state index is 12.6. The van der Waals surface area contributed by atoms with Gasteiger partial charge >= 0.3 is 12.1 Å². The molecule has 1 aliphatic rings. The fourth-order valence-corrected chi connectivity index (χ4v) is 4.32. The Morgan fingerprint density at radius 1 is 1.26 bits per heavy atom. The third-order valence-corrected chi connectivity index (χ3v) is 10.3. The first-order valence-corrected chi connectivity index (χ1v) is 12.2. The van der Waals surface area contributed by atoms with Gasteiger partial charge in [0.25, 0.3) is 0 Å². The molecule has 1 heterocycles. The summed E-state index contributed by atoms with van der Waals surface area (Å²) in [6, 6.07) is 9.33. The monoisotopic (exact) mass is 393 g/mol. The molecule has 0 aliphatic carbocycles. The van der Waals surface area contributed by atoms with Gasteiger partial charge in [0.1, 0.15) is 12.1 Å². The van der Waals surface area contributed by atoms with Gasteiger partial charge in [-0.3, -0.25) is 4.90 Å². The number of benzene rings is 1. The smallest absolute Gasteiger partial charge is 0.411 e. The van der Waals surface area contributed by atoms with Crippen LogP contribution in [0.1, 0.15) is 39.7 Å². The van der Waals surface area contributed by atoms with Crippen molar-refractivity contribution in [1.82, 2.24) is 4.90 Å². The number of hydrogen-bond acceptors (Lipinski definition) is 4. The number of aliphatic carboxylic acids is 1. The van der Waals surface area contributed by atoms with Crippen LogP contribution < -0.4 is 0 Å². The van der Waals surface area contributed by atoms with Crippen LogP contribution in [-0.2, 0) is 20.6 Å². The summed E-state index contributed by atoms with van der Waals surface area (Å²) in [4.78, 5) is 25.9. The van der Waals surface area contributed by atoms with E-state index in [1.54, 1.807) is 6.92 Å². The second-order valence-corrected chi connectivity index (χ2v) is 13.7. The van der Waals surface area contributed by atoms with Gasteiger partial charge in [-0.1, -0.05) is 51.1 Å². The Morgan fingerprint density at radius 2 is 1.85 bits per heavy atom. The van der Waals surface area contributed by atoms with Gasteiger partial charge in [0, 0.05) is 6.42 Å².